The van der Waals surface area contributed by atoms with Gasteiger partial charge in [-0.2, -0.15) is 0 Å². The predicted octanol–water partition coefficient (Wildman–Crippen LogP) is 5.38. The first-order valence-corrected chi connectivity index (χ1v) is 8.86. The van der Waals surface area contributed by atoms with Crippen molar-refractivity contribution in [1.82, 2.24) is 0 Å². The minimum atomic E-state index is -0.345. The summed E-state index contributed by atoms with van der Waals surface area (Å²) < 4.78 is 5.36. The molecule has 4 heteroatoms. The Hall–Kier alpha value is -1.81. The Morgan fingerprint density at radius 3 is 2.35 bits per heavy atom. The quantitative estimate of drug-likeness (QED) is 0.748. The molecule has 0 fully saturated rings. The molecule has 0 amide bonds. The van der Waals surface area contributed by atoms with Gasteiger partial charge in [0.25, 0.3) is 0 Å². The zero-order valence-corrected chi connectivity index (χ0v) is 15.3. The second-order valence-corrected chi connectivity index (χ2v) is 7.41. The number of thiophene rings is 1. The van der Waals surface area contributed by atoms with E-state index in [0.29, 0.717) is 16.5 Å². The van der Waals surface area contributed by atoms with Crippen molar-refractivity contribution in [2.75, 3.05) is 5.73 Å². The van der Waals surface area contributed by atoms with Gasteiger partial charge in [-0.25, -0.2) is 4.79 Å². The van der Waals surface area contributed by atoms with Crippen LogP contribution in [-0.2, 0) is 4.74 Å². The molecule has 0 aliphatic heterocycles. The van der Waals surface area contributed by atoms with E-state index in [9.17, 15) is 4.79 Å². The van der Waals surface area contributed by atoms with Crippen LogP contribution in [0.4, 0.5) is 5.00 Å². The Bertz CT molecular complexity index is 686. The van der Waals surface area contributed by atoms with Crippen LogP contribution in [0.5, 0.6) is 0 Å². The molecular formula is C19H25NO2S. The van der Waals surface area contributed by atoms with E-state index in [0.717, 1.165) is 22.4 Å². The van der Waals surface area contributed by atoms with Crippen LogP contribution < -0.4 is 5.73 Å². The van der Waals surface area contributed by atoms with Gasteiger partial charge in [0.2, 0.25) is 0 Å². The second-order valence-electron chi connectivity index (χ2n) is 6.16. The predicted molar refractivity (Wildman–Crippen MR) is 98.2 cm³/mol. The van der Waals surface area contributed by atoms with E-state index in [2.05, 4.69) is 38.1 Å². The Labute approximate surface area is 142 Å². The number of rotatable bonds is 5. The monoisotopic (exact) mass is 331 g/mol. The molecule has 0 aliphatic rings. The summed E-state index contributed by atoms with van der Waals surface area (Å²) in [5.41, 5.74) is 9.79. The fraction of sp³-hybridized carbons (Fsp3) is 0.421. The zero-order chi connectivity index (χ0) is 17.1. The van der Waals surface area contributed by atoms with E-state index in [-0.39, 0.29) is 12.1 Å². The fourth-order valence-electron chi connectivity index (χ4n) is 2.60. The lowest BCUT2D eigenvalue weighted by atomic mass is 9.95. The Balaban J connectivity index is 2.45. The molecular weight excluding hydrogens is 306 g/mol. The summed E-state index contributed by atoms with van der Waals surface area (Å²) in [7, 11) is 0. The van der Waals surface area contributed by atoms with Crippen LogP contribution in [0.1, 0.15) is 60.8 Å². The van der Waals surface area contributed by atoms with E-state index in [1.54, 1.807) is 0 Å². The Morgan fingerprint density at radius 2 is 1.83 bits per heavy atom. The summed E-state index contributed by atoms with van der Waals surface area (Å²) in [5.74, 6) is 0.186. The molecule has 3 nitrogen and oxygen atoms in total. The van der Waals surface area contributed by atoms with Gasteiger partial charge < -0.3 is 10.5 Å². The normalized spacial score (nSPS) is 12.4. The maximum absolute atomic E-state index is 12.4. The Kier molecular flexibility index (Phi) is 5.47. The average Bonchev–Trinajstić information content (AvgIpc) is 2.80. The van der Waals surface area contributed by atoms with E-state index >= 15 is 0 Å². The van der Waals surface area contributed by atoms with Crippen LogP contribution in [0.2, 0.25) is 0 Å². The van der Waals surface area contributed by atoms with E-state index in [1.165, 1.54) is 16.9 Å². The number of esters is 1. The molecule has 1 aromatic carbocycles. The van der Waals surface area contributed by atoms with Gasteiger partial charge >= 0.3 is 5.97 Å². The van der Waals surface area contributed by atoms with Gasteiger partial charge in [-0.05, 0) is 44.2 Å². The standard InChI is InChI=1S/C19H25NO2S/c1-6-12(4)14-7-9-15(10-8-14)16-13(5)23-18(20)17(16)19(21)22-11(2)3/h7-12H,6,20H2,1-5H3/t12-/m0/s1. The average molecular weight is 331 g/mol. The first-order chi connectivity index (χ1) is 10.8. The van der Waals surface area contributed by atoms with E-state index < -0.39 is 0 Å². The van der Waals surface area contributed by atoms with Crippen LogP contribution in [0.3, 0.4) is 0 Å². The van der Waals surface area contributed by atoms with Gasteiger partial charge in [-0.3, -0.25) is 0 Å². The lowest BCUT2D eigenvalue weighted by Gasteiger charge is -2.12. The fourth-order valence-corrected chi connectivity index (χ4v) is 3.54. The molecule has 0 saturated carbocycles. The highest BCUT2D eigenvalue weighted by molar-refractivity contribution is 7.16. The molecule has 2 rings (SSSR count). The summed E-state index contributed by atoms with van der Waals surface area (Å²) in [5, 5.41) is 0.522. The molecule has 0 unspecified atom stereocenters. The van der Waals surface area contributed by atoms with Crippen molar-refractivity contribution in [3.8, 4) is 11.1 Å². The Morgan fingerprint density at radius 1 is 1.22 bits per heavy atom. The molecule has 0 spiro atoms. The number of benzene rings is 1. The van der Waals surface area contributed by atoms with Crippen molar-refractivity contribution in [2.24, 2.45) is 0 Å². The van der Waals surface area contributed by atoms with Gasteiger partial charge in [-0.15, -0.1) is 11.3 Å². The summed E-state index contributed by atoms with van der Waals surface area (Å²) in [6, 6.07) is 8.41. The lowest BCUT2D eigenvalue weighted by Crippen LogP contribution is -2.13. The number of ether oxygens (including phenoxy) is 1. The van der Waals surface area contributed by atoms with Gasteiger partial charge in [0.05, 0.1) is 6.10 Å². The number of hydrogen-bond acceptors (Lipinski definition) is 4. The molecule has 0 bridgehead atoms. The summed E-state index contributed by atoms with van der Waals surface area (Å²) >= 11 is 1.44. The minimum Gasteiger partial charge on any atom is -0.459 e. The van der Waals surface area contributed by atoms with Gasteiger partial charge in [-0.1, -0.05) is 38.1 Å². The first kappa shape index (κ1) is 17.5. The summed E-state index contributed by atoms with van der Waals surface area (Å²) in [6.07, 6.45) is 0.943. The highest BCUT2D eigenvalue weighted by Gasteiger charge is 2.23. The zero-order valence-electron chi connectivity index (χ0n) is 14.5. The molecule has 0 aliphatic carbocycles. The number of anilines is 1. The summed E-state index contributed by atoms with van der Waals surface area (Å²) in [6.45, 7) is 10.1. The molecule has 2 N–H and O–H groups in total. The van der Waals surface area contributed by atoms with E-state index in [1.807, 2.05) is 20.8 Å². The van der Waals surface area contributed by atoms with Crippen molar-refractivity contribution in [1.29, 1.82) is 0 Å². The SMILES string of the molecule is CC[C@H](C)c1ccc(-c2c(C)sc(N)c2C(=O)OC(C)C)cc1. The summed E-state index contributed by atoms with van der Waals surface area (Å²) in [4.78, 5) is 13.4. The van der Waals surface area contributed by atoms with Crippen LogP contribution in [0, 0.1) is 6.92 Å². The molecule has 0 saturated heterocycles. The van der Waals surface area contributed by atoms with Crippen molar-refractivity contribution >= 4 is 22.3 Å². The third-order valence-corrected chi connectivity index (χ3v) is 4.97. The molecule has 2 aromatic rings. The van der Waals surface area contributed by atoms with E-state index in [4.69, 9.17) is 10.5 Å². The van der Waals surface area contributed by atoms with Crippen LogP contribution in [0.25, 0.3) is 11.1 Å². The molecule has 1 atom stereocenters. The largest absolute Gasteiger partial charge is 0.459 e. The number of carbonyl (C=O) groups is 1. The maximum Gasteiger partial charge on any atom is 0.342 e. The van der Waals surface area contributed by atoms with Crippen LogP contribution >= 0.6 is 11.3 Å². The van der Waals surface area contributed by atoms with Crippen molar-refractivity contribution in [2.45, 2.75) is 53.1 Å². The minimum absolute atomic E-state index is 0.164. The lowest BCUT2D eigenvalue weighted by molar-refractivity contribution is 0.0380. The topological polar surface area (TPSA) is 52.3 Å². The third-order valence-electron chi connectivity index (χ3n) is 4.04. The van der Waals surface area contributed by atoms with Gasteiger partial charge in [0.15, 0.2) is 0 Å². The highest BCUT2D eigenvalue weighted by atomic mass is 32.1. The first-order valence-electron chi connectivity index (χ1n) is 8.05. The smallest absolute Gasteiger partial charge is 0.342 e. The molecule has 124 valence electrons. The van der Waals surface area contributed by atoms with Crippen molar-refractivity contribution in [3.05, 3.63) is 40.3 Å². The number of nitrogens with two attached hydrogens (primary N) is 1. The van der Waals surface area contributed by atoms with Crippen molar-refractivity contribution in [3.63, 3.8) is 0 Å². The van der Waals surface area contributed by atoms with Gasteiger partial charge in [0.1, 0.15) is 10.6 Å². The van der Waals surface area contributed by atoms with Gasteiger partial charge in [0, 0.05) is 10.4 Å². The third kappa shape index (κ3) is 3.75. The second kappa shape index (κ2) is 7.18. The highest BCUT2D eigenvalue weighted by Crippen LogP contribution is 2.39. The molecule has 23 heavy (non-hydrogen) atoms. The van der Waals surface area contributed by atoms with Crippen LogP contribution in [0.15, 0.2) is 24.3 Å². The number of nitrogen functional groups attached to an aromatic ring is 1. The molecule has 1 aromatic heterocycles. The molecule has 0 radical (unpaired) electrons. The van der Waals surface area contributed by atoms with Crippen molar-refractivity contribution < 1.29 is 9.53 Å². The molecule has 1 heterocycles. The van der Waals surface area contributed by atoms with Crippen LogP contribution in [-0.4, -0.2) is 12.1 Å². The number of carbonyl (C=O) groups excluding carboxylic acids is 1. The number of aryl methyl sites for hydroxylation is 1. The maximum atomic E-state index is 12.4. The number of hydrogen-bond donors (Lipinski definition) is 1.